The van der Waals surface area contributed by atoms with Crippen LogP contribution >= 0.6 is 11.8 Å². The van der Waals surface area contributed by atoms with Crippen LogP contribution in [0.5, 0.6) is 11.5 Å². The Morgan fingerprint density at radius 1 is 1.16 bits per heavy atom. The second-order valence-corrected chi connectivity index (χ2v) is 9.01. The minimum Gasteiger partial charge on any atom is -0.492 e. The SMILES string of the molecule is CC(C)c1ccc2c(c1)OCN(CCOc1ccc(CC3SC(=O)NC3=O)cc1)C2=O. The zero-order valence-electron chi connectivity index (χ0n) is 17.4. The summed E-state index contributed by atoms with van der Waals surface area (Å²) < 4.78 is 11.6. The largest absolute Gasteiger partial charge is 0.492 e. The van der Waals surface area contributed by atoms with E-state index in [1.165, 1.54) is 0 Å². The van der Waals surface area contributed by atoms with Crippen molar-refractivity contribution < 1.29 is 23.9 Å². The van der Waals surface area contributed by atoms with E-state index in [9.17, 15) is 14.4 Å². The van der Waals surface area contributed by atoms with Crippen molar-refractivity contribution in [1.82, 2.24) is 10.2 Å². The third-order valence-corrected chi connectivity index (χ3v) is 6.29. The van der Waals surface area contributed by atoms with E-state index in [2.05, 4.69) is 19.2 Å². The van der Waals surface area contributed by atoms with Crippen molar-refractivity contribution in [3.05, 3.63) is 59.2 Å². The molecule has 2 aliphatic rings. The lowest BCUT2D eigenvalue weighted by Crippen LogP contribution is -2.41. The first-order valence-corrected chi connectivity index (χ1v) is 11.1. The van der Waals surface area contributed by atoms with Crippen LogP contribution in [0.15, 0.2) is 42.5 Å². The molecule has 2 heterocycles. The van der Waals surface area contributed by atoms with Crippen LogP contribution in [0, 0.1) is 0 Å². The molecule has 1 N–H and O–H groups in total. The summed E-state index contributed by atoms with van der Waals surface area (Å²) in [7, 11) is 0. The van der Waals surface area contributed by atoms with Gasteiger partial charge in [0.05, 0.1) is 17.4 Å². The van der Waals surface area contributed by atoms with Crippen LogP contribution in [0.3, 0.4) is 0 Å². The summed E-state index contributed by atoms with van der Waals surface area (Å²) in [6.45, 7) is 5.16. The first-order valence-electron chi connectivity index (χ1n) is 10.2. The van der Waals surface area contributed by atoms with Crippen LogP contribution in [0.4, 0.5) is 4.79 Å². The zero-order chi connectivity index (χ0) is 22.0. The number of hydrogen-bond acceptors (Lipinski definition) is 6. The summed E-state index contributed by atoms with van der Waals surface area (Å²) in [6, 6.07) is 13.1. The molecule has 31 heavy (non-hydrogen) atoms. The molecular weight excluding hydrogens is 416 g/mol. The fourth-order valence-corrected chi connectivity index (χ4v) is 4.33. The molecule has 2 aromatic carbocycles. The predicted molar refractivity (Wildman–Crippen MR) is 118 cm³/mol. The van der Waals surface area contributed by atoms with Crippen LogP contribution in [-0.2, 0) is 11.2 Å². The van der Waals surface area contributed by atoms with Crippen LogP contribution in [-0.4, -0.2) is 47.1 Å². The lowest BCUT2D eigenvalue weighted by molar-refractivity contribution is -0.118. The highest BCUT2D eigenvalue weighted by Crippen LogP contribution is 2.29. The topological polar surface area (TPSA) is 84.9 Å². The van der Waals surface area contributed by atoms with Gasteiger partial charge in [-0.15, -0.1) is 0 Å². The summed E-state index contributed by atoms with van der Waals surface area (Å²) in [5.74, 6) is 1.39. The Labute approximate surface area is 185 Å². The molecule has 0 aromatic heterocycles. The Hall–Kier alpha value is -3.00. The first-order chi connectivity index (χ1) is 14.9. The fourth-order valence-electron chi connectivity index (χ4n) is 3.47. The van der Waals surface area contributed by atoms with Crippen LogP contribution in [0.25, 0.3) is 0 Å². The van der Waals surface area contributed by atoms with E-state index >= 15 is 0 Å². The molecule has 0 saturated carbocycles. The van der Waals surface area contributed by atoms with Crippen LogP contribution in [0.1, 0.15) is 41.3 Å². The summed E-state index contributed by atoms with van der Waals surface area (Å²) >= 11 is 1.02. The lowest BCUT2D eigenvalue weighted by atomic mass is 10.00. The molecule has 1 atom stereocenters. The quantitative estimate of drug-likeness (QED) is 0.709. The van der Waals surface area contributed by atoms with Gasteiger partial charge in [0.2, 0.25) is 5.91 Å². The molecule has 1 unspecified atom stereocenters. The number of imide groups is 1. The molecule has 8 heteroatoms. The summed E-state index contributed by atoms with van der Waals surface area (Å²) in [6.07, 6.45) is 0.486. The summed E-state index contributed by atoms with van der Waals surface area (Å²) in [5.41, 5.74) is 2.67. The zero-order valence-corrected chi connectivity index (χ0v) is 18.2. The van der Waals surface area contributed by atoms with Crippen molar-refractivity contribution in [1.29, 1.82) is 0 Å². The second-order valence-electron chi connectivity index (χ2n) is 7.83. The molecule has 0 spiro atoms. The number of amides is 3. The van der Waals surface area contributed by atoms with Crippen molar-refractivity contribution >= 4 is 28.8 Å². The Balaban J connectivity index is 1.28. The van der Waals surface area contributed by atoms with E-state index in [1.807, 2.05) is 42.5 Å². The number of benzene rings is 2. The number of nitrogens with zero attached hydrogens (tertiary/aromatic N) is 1. The van der Waals surface area contributed by atoms with Crippen molar-refractivity contribution in [3.63, 3.8) is 0 Å². The number of nitrogens with one attached hydrogen (secondary N) is 1. The molecule has 0 aliphatic carbocycles. The minimum atomic E-state index is -0.385. The third-order valence-electron chi connectivity index (χ3n) is 5.31. The van der Waals surface area contributed by atoms with E-state index in [-0.39, 0.29) is 29.0 Å². The Morgan fingerprint density at radius 2 is 1.94 bits per heavy atom. The first kappa shape index (κ1) is 21.2. The third kappa shape index (κ3) is 4.85. The highest BCUT2D eigenvalue weighted by atomic mass is 32.2. The Bertz CT molecular complexity index is 1010. The Morgan fingerprint density at radius 3 is 2.61 bits per heavy atom. The number of carbonyl (C=O) groups is 3. The minimum absolute atomic E-state index is 0.0580. The number of fused-ring (bicyclic) bond motifs is 1. The van der Waals surface area contributed by atoms with Gasteiger partial charge in [0, 0.05) is 0 Å². The normalized spacial score (nSPS) is 18.1. The molecule has 3 amide bonds. The van der Waals surface area contributed by atoms with E-state index in [0.29, 0.717) is 42.6 Å². The molecule has 7 nitrogen and oxygen atoms in total. The average Bonchev–Trinajstić information content (AvgIpc) is 3.07. The highest BCUT2D eigenvalue weighted by Gasteiger charge is 2.31. The van der Waals surface area contributed by atoms with Crippen molar-refractivity contribution in [3.8, 4) is 11.5 Å². The van der Waals surface area contributed by atoms with Crippen LogP contribution in [0.2, 0.25) is 0 Å². The Kier molecular flexibility index (Phi) is 6.18. The number of thioether (sulfide) groups is 1. The van der Waals surface area contributed by atoms with E-state index in [1.54, 1.807) is 4.90 Å². The molecule has 162 valence electrons. The van der Waals surface area contributed by atoms with Gasteiger partial charge in [0.15, 0.2) is 6.73 Å². The number of carbonyl (C=O) groups excluding carboxylic acids is 3. The van der Waals surface area contributed by atoms with E-state index < -0.39 is 0 Å². The van der Waals surface area contributed by atoms with Gasteiger partial charge >= 0.3 is 0 Å². The van der Waals surface area contributed by atoms with Gasteiger partial charge in [-0.25, -0.2) is 0 Å². The molecule has 2 aliphatic heterocycles. The lowest BCUT2D eigenvalue weighted by Gasteiger charge is -2.29. The molecule has 1 fully saturated rings. The number of rotatable bonds is 7. The van der Waals surface area contributed by atoms with Gasteiger partial charge in [-0.2, -0.15) is 0 Å². The summed E-state index contributed by atoms with van der Waals surface area (Å²) in [5, 5.41) is 1.61. The maximum atomic E-state index is 12.7. The molecule has 2 aromatic rings. The summed E-state index contributed by atoms with van der Waals surface area (Å²) in [4.78, 5) is 37.3. The molecule has 0 bridgehead atoms. The molecule has 0 radical (unpaired) electrons. The van der Waals surface area contributed by atoms with Gasteiger partial charge < -0.3 is 14.4 Å². The van der Waals surface area contributed by atoms with Gasteiger partial charge in [-0.05, 0) is 47.7 Å². The molecular formula is C23H24N2O5S. The van der Waals surface area contributed by atoms with Crippen LogP contribution < -0.4 is 14.8 Å². The fraction of sp³-hybridized carbons (Fsp3) is 0.348. The predicted octanol–water partition coefficient (Wildman–Crippen LogP) is 3.58. The van der Waals surface area contributed by atoms with Gasteiger partial charge in [0.25, 0.3) is 11.1 Å². The van der Waals surface area contributed by atoms with E-state index in [4.69, 9.17) is 9.47 Å². The van der Waals surface area contributed by atoms with Crippen molar-refractivity contribution in [2.45, 2.75) is 31.4 Å². The maximum Gasteiger partial charge on any atom is 0.286 e. The van der Waals surface area contributed by atoms with Crippen molar-refractivity contribution in [2.75, 3.05) is 19.9 Å². The monoisotopic (exact) mass is 440 g/mol. The van der Waals surface area contributed by atoms with Gasteiger partial charge in [0.1, 0.15) is 18.1 Å². The van der Waals surface area contributed by atoms with Gasteiger partial charge in [-0.3, -0.25) is 19.7 Å². The smallest absolute Gasteiger partial charge is 0.286 e. The number of hydrogen-bond donors (Lipinski definition) is 1. The van der Waals surface area contributed by atoms with Gasteiger partial charge in [-0.1, -0.05) is 43.8 Å². The van der Waals surface area contributed by atoms with Crippen molar-refractivity contribution in [2.24, 2.45) is 0 Å². The van der Waals surface area contributed by atoms with E-state index in [0.717, 1.165) is 22.9 Å². The average molecular weight is 441 g/mol. The number of ether oxygens (including phenoxy) is 2. The molecule has 1 saturated heterocycles. The highest BCUT2D eigenvalue weighted by molar-refractivity contribution is 8.15. The second kappa shape index (κ2) is 9.01. The maximum absolute atomic E-state index is 12.7. The standard InChI is InChI=1S/C23H24N2O5S/c1-14(2)16-5-8-18-19(12-16)30-13-25(22(18)27)9-10-29-17-6-3-15(4-7-17)11-20-21(26)24-23(28)31-20/h3-8,12,14,20H,9-11,13H2,1-2H3,(H,24,26,28). The molecule has 4 rings (SSSR count).